The summed E-state index contributed by atoms with van der Waals surface area (Å²) in [4.78, 5) is 2.58. The van der Waals surface area contributed by atoms with Crippen LogP contribution in [-0.2, 0) is 4.74 Å². The standard InChI is InChI=1S/C16H34N2O/c1-6-18(12-16-8-7-9-19-16)15(5)14(4)11-17-10-13(2)3/h13-17H,6-12H2,1-5H3. The molecule has 1 saturated heterocycles. The van der Waals surface area contributed by atoms with Crippen LogP contribution in [0.2, 0.25) is 0 Å². The van der Waals surface area contributed by atoms with Crippen LogP contribution in [0.3, 0.4) is 0 Å². The van der Waals surface area contributed by atoms with Gasteiger partial charge in [0.2, 0.25) is 0 Å². The average molecular weight is 270 g/mol. The third kappa shape index (κ3) is 6.24. The zero-order chi connectivity index (χ0) is 14.3. The lowest BCUT2D eigenvalue weighted by molar-refractivity contribution is 0.0517. The van der Waals surface area contributed by atoms with Crippen molar-refractivity contribution in [2.45, 2.75) is 59.6 Å². The molecule has 1 aliphatic heterocycles. The van der Waals surface area contributed by atoms with Crippen molar-refractivity contribution >= 4 is 0 Å². The average Bonchev–Trinajstić information content (AvgIpc) is 2.87. The van der Waals surface area contributed by atoms with Crippen LogP contribution in [0, 0.1) is 11.8 Å². The van der Waals surface area contributed by atoms with Crippen molar-refractivity contribution in [3.63, 3.8) is 0 Å². The Morgan fingerprint density at radius 3 is 2.47 bits per heavy atom. The maximum Gasteiger partial charge on any atom is 0.0702 e. The Bertz CT molecular complexity index is 227. The van der Waals surface area contributed by atoms with E-state index in [1.54, 1.807) is 0 Å². The first-order chi connectivity index (χ1) is 9.04. The summed E-state index contributed by atoms with van der Waals surface area (Å²) >= 11 is 0. The molecular weight excluding hydrogens is 236 g/mol. The molecule has 0 aromatic carbocycles. The maximum atomic E-state index is 5.77. The highest BCUT2D eigenvalue weighted by atomic mass is 16.5. The summed E-state index contributed by atoms with van der Waals surface area (Å²) in [7, 11) is 0. The Morgan fingerprint density at radius 2 is 1.95 bits per heavy atom. The largest absolute Gasteiger partial charge is 0.377 e. The Morgan fingerprint density at radius 1 is 1.21 bits per heavy atom. The van der Waals surface area contributed by atoms with Crippen molar-refractivity contribution in [2.75, 3.05) is 32.8 Å². The fourth-order valence-corrected chi connectivity index (χ4v) is 2.76. The molecule has 0 aromatic rings. The van der Waals surface area contributed by atoms with Gasteiger partial charge in [-0.25, -0.2) is 0 Å². The molecule has 1 N–H and O–H groups in total. The predicted octanol–water partition coefficient (Wildman–Crippen LogP) is 2.76. The van der Waals surface area contributed by atoms with E-state index in [1.165, 1.54) is 12.8 Å². The van der Waals surface area contributed by atoms with E-state index in [1.807, 2.05) is 0 Å². The van der Waals surface area contributed by atoms with Gasteiger partial charge < -0.3 is 10.1 Å². The fourth-order valence-electron chi connectivity index (χ4n) is 2.76. The van der Waals surface area contributed by atoms with E-state index in [0.29, 0.717) is 18.1 Å². The Hall–Kier alpha value is -0.120. The van der Waals surface area contributed by atoms with Crippen molar-refractivity contribution < 1.29 is 4.74 Å². The second kappa shape index (κ2) is 8.93. The van der Waals surface area contributed by atoms with Gasteiger partial charge in [-0.3, -0.25) is 4.90 Å². The van der Waals surface area contributed by atoms with Crippen LogP contribution >= 0.6 is 0 Å². The van der Waals surface area contributed by atoms with E-state index in [0.717, 1.165) is 38.7 Å². The van der Waals surface area contributed by atoms with Crippen molar-refractivity contribution in [1.82, 2.24) is 10.2 Å². The SMILES string of the molecule is CCN(CC1CCCO1)C(C)C(C)CNCC(C)C. The molecule has 1 aliphatic rings. The van der Waals surface area contributed by atoms with Gasteiger partial charge in [-0.05, 0) is 51.2 Å². The van der Waals surface area contributed by atoms with Crippen LogP contribution in [0.15, 0.2) is 0 Å². The maximum absolute atomic E-state index is 5.77. The number of hydrogen-bond donors (Lipinski definition) is 1. The number of nitrogens with zero attached hydrogens (tertiary/aromatic N) is 1. The molecule has 19 heavy (non-hydrogen) atoms. The zero-order valence-electron chi connectivity index (χ0n) is 13.6. The van der Waals surface area contributed by atoms with Gasteiger partial charge in [0.25, 0.3) is 0 Å². The normalized spacial score (nSPS) is 23.2. The second-order valence-corrected chi connectivity index (χ2v) is 6.49. The van der Waals surface area contributed by atoms with Crippen molar-refractivity contribution in [3.8, 4) is 0 Å². The van der Waals surface area contributed by atoms with E-state index >= 15 is 0 Å². The number of ether oxygens (including phenoxy) is 1. The van der Waals surface area contributed by atoms with Gasteiger partial charge >= 0.3 is 0 Å². The third-order valence-electron chi connectivity index (χ3n) is 4.29. The van der Waals surface area contributed by atoms with Crippen LogP contribution in [0.4, 0.5) is 0 Å². The van der Waals surface area contributed by atoms with E-state index in [4.69, 9.17) is 4.74 Å². The molecule has 0 aromatic heterocycles. The van der Waals surface area contributed by atoms with Crippen LogP contribution < -0.4 is 5.32 Å². The number of rotatable bonds is 9. The first-order valence-electron chi connectivity index (χ1n) is 8.10. The van der Waals surface area contributed by atoms with Crippen LogP contribution in [0.5, 0.6) is 0 Å². The Balaban J connectivity index is 2.31. The molecule has 0 aliphatic carbocycles. The summed E-state index contributed by atoms with van der Waals surface area (Å²) in [5.74, 6) is 1.41. The quantitative estimate of drug-likeness (QED) is 0.697. The van der Waals surface area contributed by atoms with Gasteiger partial charge in [0.15, 0.2) is 0 Å². The first kappa shape index (κ1) is 16.9. The van der Waals surface area contributed by atoms with E-state index in [9.17, 15) is 0 Å². The van der Waals surface area contributed by atoms with Crippen molar-refractivity contribution in [3.05, 3.63) is 0 Å². The molecule has 1 heterocycles. The summed E-state index contributed by atoms with van der Waals surface area (Å²) in [6, 6.07) is 0.619. The monoisotopic (exact) mass is 270 g/mol. The number of likely N-dealkylation sites (N-methyl/N-ethyl adjacent to an activating group) is 1. The summed E-state index contributed by atoms with van der Waals surface area (Å²) in [6.45, 7) is 16.9. The molecule has 1 fully saturated rings. The summed E-state index contributed by atoms with van der Waals surface area (Å²) < 4.78 is 5.77. The second-order valence-electron chi connectivity index (χ2n) is 6.49. The molecule has 114 valence electrons. The van der Waals surface area contributed by atoms with Gasteiger partial charge in [0.05, 0.1) is 6.10 Å². The molecule has 0 radical (unpaired) electrons. The zero-order valence-corrected chi connectivity index (χ0v) is 13.6. The molecule has 3 heteroatoms. The molecule has 3 atom stereocenters. The molecular formula is C16H34N2O. The predicted molar refractivity (Wildman–Crippen MR) is 82.6 cm³/mol. The van der Waals surface area contributed by atoms with E-state index < -0.39 is 0 Å². The number of nitrogens with one attached hydrogen (secondary N) is 1. The fraction of sp³-hybridized carbons (Fsp3) is 1.00. The molecule has 1 rings (SSSR count). The highest BCUT2D eigenvalue weighted by Gasteiger charge is 2.24. The minimum absolute atomic E-state index is 0.471. The van der Waals surface area contributed by atoms with Gasteiger partial charge in [-0.1, -0.05) is 27.7 Å². The molecule has 0 bridgehead atoms. The van der Waals surface area contributed by atoms with Gasteiger partial charge in [0.1, 0.15) is 0 Å². The van der Waals surface area contributed by atoms with Crippen LogP contribution in [0.1, 0.15) is 47.5 Å². The molecule has 3 unspecified atom stereocenters. The van der Waals surface area contributed by atoms with Gasteiger partial charge in [-0.15, -0.1) is 0 Å². The minimum Gasteiger partial charge on any atom is -0.377 e. The smallest absolute Gasteiger partial charge is 0.0702 e. The highest BCUT2D eigenvalue weighted by molar-refractivity contribution is 4.78. The van der Waals surface area contributed by atoms with Gasteiger partial charge in [-0.2, -0.15) is 0 Å². The van der Waals surface area contributed by atoms with Gasteiger partial charge in [0, 0.05) is 19.2 Å². The summed E-state index contributed by atoms with van der Waals surface area (Å²) in [5.41, 5.74) is 0. The van der Waals surface area contributed by atoms with Crippen molar-refractivity contribution in [1.29, 1.82) is 0 Å². The topological polar surface area (TPSA) is 24.5 Å². The van der Waals surface area contributed by atoms with Crippen LogP contribution in [-0.4, -0.2) is 49.8 Å². The van der Waals surface area contributed by atoms with E-state index in [2.05, 4.69) is 44.8 Å². The lowest BCUT2D eigenvalue weighted by atomic mass is 10.0. The minimum atomic E-state index is 0.471. The Kier molecular flexibility index (Phi) is 7.96. The first-order valence-corrected chi connectivity index (χ1v) is 8.10. The third-order valence-corrected chi connectivity index (χ3v) is 4.29. The Labute approximate surface area is 120 Å². The molecule has 0 spiro atoms. The molecule has 0 saturated carbocycles. The lowest BCUT2D eigenvalue weighted by Gasteiger charge is -2.34. The summed E-state index contributed by atoms with van der Waals surface area (Å²) in [6.07, 6.45) is 2.95. The van der Waals surface area contributed by atoms with Crippen LogP contribution in [0.25, 0.3) is 0 Å². The molecule has 3 nitrogen and oxygen atoms in total. The van der Waals surface area contributed by atoms with E-state index in [-0.39, 0.29) is 0 Å². The number of hydrogen-bond acceptors (Lipinski definition) is 3. The lowest BCUT2D eigenvalue weighted by Crippen LogP contribution is -2.44. The molecule has 0 amide bonds. The van der Waals surface area contributed by atoms with Crippen molar-refractivity contribution in [2.24, 2.45) is 11.8 Å². The summed E-state index contributed by atoms with van der Waals surface area (Å²) in [5, 5.41) is 3.58. The highest BCUT2D eigenvalue weighted by Crippen LogP contribution is 2.17.